The first kappa shape index (κ1) is 9.58. The average molecular weight is 195 g/mol. The van der Waals surface area contributed by atoms with E-state index >= 15 is 0 Å². The van der Waals surface area contributed by atoms with E-state index in [1.807, 2.05) is 7.05 Å². The number of nitrogens with one attached hydrogen (secondary N) is 1. The first-order chi connectivity index (χ1) is 6.59. The standard InChI is InChI=1S/C9H17N5/c1-9(2)5-4-7(9)10-6-8-11-12-13-14(8)3/h7,10H,4-6H2,1-3H3. The minimum Gasteiger partial charge on any atom is -0.306 e. The van der Waals surface area contributed by atoms with Gasteiger partial charge in [0.1, 0.15) is 0 Å². The van der Waals surface area contributed by atoms with E-state index in [1.54, 1.807) is 4.68 Å². The third-order valence-electron chi connectivity index (χ3n) is 3.24. The van der Waals surface area contributed by atoms with Gasteiger partial charge in [0.15, 0.2) is 5.82 Å². The largest absolute Gasteiger partial charge is 0.306 e. The van der Waals surface area contributed by atoms with Crippen LogP contribution < -0.4 is 5.32 Å². The highest BCUT2D eigenvalue weighted by molar-refractivity contribution is 4.95. The van der Waals surface area contributed by atoms with Crippen molar-refractivity contribution in [1.82, 2.24) is 25.5 Å². The maximum Gasteiger partial charge on any atom is 0.164 e. The molecule has 2 rings (SSSR count). The summed E-state index contributed by atoms with van der Waals surface area (Å²) in [6, 6.07) is 0.610. The van der Waals surface area contributed by atoms with Crippen molar-refractivity contribution in [3.63, 3.8) is 0 Å². The molecule has 0 saturated heterocycles. The minimum atomic E-state index is 0.437. The molecule has 1 aromatic rings. The van der Waals surface area contributed by atoms with E-state index in [-0.39, 0.29) is 0 Å². The van der Waals surface area contributed by atoms with E-state index in [4.69, 9.17) is 0 Å². The summed E-state index contributed by atoms with van der Waals surface area (Å²) < 4.78 is 1.71. The number of hydrogen-bond acceptors (Lipinski definition) is 4. The van der Waals surface area contributed by atoms with Crippen LogP contribution in [-0.4, -0.2) is 26.2 Å². The van der Waals surface area contributed by atoms with E-state index in [9.17, 15) is 0 Å². The Morgan fingerprint density at radius 2 is 2.36 bits per heavy atom. The summed E-state index contributed by atoms with van der Waals surface area (Å²) in [6.07, 6.45) is 2.57. The van der Waals surface area contributed by atoms with Gasteiger partial charge in [0, 0.05) is 13.1 Å². The molecule has 1 N–H and O–H groups in total. The first-order valence-corrected chi connectivity index (χ1v) is 5.04. The van der Waals surface area contributed by atoms with Crippen LogP contribution in [0.3, 0.4) is 0 Å². The zero-order valence-electron chi connectivity index (χ0n) is 8.99. The molecule has 5 heteroatoms. The third kappa shape index (κ3) is 1.64. The first-order valence-electron chi connectivity index (χ1n) is 5.04. The van der Waals surface area contributed by atoms with Crippen molar-refractivity contribution < 1.29 is 0 Å². The quantitative estimate of drug-likeness (QED) is 0.762. The summed E-state index contributed by atoms with van der Waals surface area (Å²) in [5.41, 5.74) is 0.437. The molecule has 1 unspecified atom stereocenters. The van der Waals surface area contributed by atoms with E-state index in [1.165, 1.54) is 12.8 Å². The van der Waals surface area contributed by atoms with Gasteiger partial charge >= 0.3 is 0 Å². The van der Waals surface area contributed by atoms with Gasteiger partial charge in [-0.15, -0.1) is 5.10 Å². The average Bonchev–Trinajstić information content (AvgIpc) is 2.50. The Kier molecular flexibility index (Phi) is 2.26. The fourth-order valence-corrected chi connectivity index (χ4v) is 1.86. The van der Waals surface area contributed by atoms with Crippen molar-refractivity contribution in [1.29, 1.82) is 0 Å². The summed E-state index contributed by atoms with van der Waals surface area (Å²) in [5, 5.41) is 14.8. The number of rotatable bonds is 3. The van der Waals surface area contributed by atoms with Crippen LogP contribution in [-0.2, 0) is 13.6 Å². The molecule has 0 aliphatic heterocycles. The molecule has 0 bridgehead atoms. The van der Waals surface area contributed by atoms with Gasteiger partial charge in [-0.3, -0.25) is 0 Å². The highest BCUT2D eigenvalue weighted by Gasteiger charge is 2.37. The lowest BCUT2D eigenvalue weighted by Crippen LogP contribution is -2.49. The molecule has 14 heavy (non-hydrogen) atoms. The minimum absolute atomic E-state index is 0.437. The van der Waals surface area contributed by atoms with Crippen LogP contribution in [0.2, 0.25) is 0 Å². The molecule has 0 amide bonds. The SMILES string of the molecule is Cn1nnnc1CNC1CCC1(C)C. The summed E-state index contributed by atoms with van der Waals surface area (Å²) >= 11 is 0. The smallest absolute Gasteiger partial charge is 0.164 e. The molecular weight excluding hydrogens is 178 g/mol. The van der Waals surface area contributed by atoms with Gasteiger partial charge in [-0.25, -0.2) is 4.68 Å². The molecule has 1 saturated carbocycles. The second kappa shape index (κ2) is 3.31. The van der Waals surface area contributed by atoms with Crippen molar-refractivity contribution in [3.05, 3.63) is 5.82 Å². The summed E-state index contributed by atoms with van der Waals surface area (Å²) in [4.78, 5) is 0. The number of hydrogen-bond donors (Lipinski definition) is 1. The molecule has 0 spiro atoms. The molecule has 0 aromatic carbocycles. The molecule has 78 valence electrons. The van der Waals surface area contributed by atoms with Gasteiger partial charge in [-0.2, -0.15) is 0 Å². The van der Waals surface area contributed by atoms with Crippen molar-refractivity contribution >= 4 is 0 Å². The van der Waals surface area contributed by atoms with Crippen molar-refractivity contribution in [2.24, 2.45) is 12.5 Å². The fraction of sp³-hybridized carbons (Fsp3) is 0.889. The van der Waals surface area contributed by atoms with Crippen LogP contribution >= 0.6 is 0 Å². The Morgan fingerprint density at radius 1 is 1.57 bits per heavy atom. The molecule has 1 aromatic heterocycles. The topological polar surface area (TPSA) is 55.6 Å². The van der Waals surface area contributed by atoms with Crippen molar-refractivity contribution in [3.8, 4) is 0 Å². The Labute approximate surface area is 83.9 Å². The summed E-state index contributed by atoms with van der Waals surface area (Å²) in [5.74, 6) is 0.896. The predicted molar refractivity (Wildman–Crippen MR) is 52.4 cm³/mol. The number of tetrazole rings is 1. The van der Waals surface area contributed by atoms with E-state index in [2.05, 4.69) is 34.7 Å². The molecule has 1 heterocycles. The van der Waals surface area contributed by atoms with Gasteiger partial charge < -0.3 is 5.32 Å². The molecule has 1 aliphatic carbocycles. The Bertz CT molecular complexity index is 317. The summed E-state index contributed by atoms with van der Waals surface area (Å²) in [7, 11) is 1.86. The maximum atomic E-state index is 3.93. The molecule has 0 radical (unpaired) electrons. The van der Waals surface area contributed by atoms with Crippen LogP contribution in [0, 0.1) is 5.41 Å². The zero-order valence-corrected chi connectivity index (χ0v) is 8.99. The third-order valence-corrected chi connectivity index (χ3v) is 3.24. The van der Waals surface area contributed by atoms with Crippen LogP contribution in [0.4, 0.5) is 0 Å². The maximum absolute atomic E-state index is 3.93. The Balaban J connectivity index is 1.87. The number of aryl methyl sites for hydroxylation is 1. The lowest BCUT2D eigenvalue weighted by molar-refractivity contribution is 0.107. The van der Waals surface area contributed by atoms with Crippen LogP contribution in [0.15, 0.2) is 0 Å². The van der Waals surface area contributed by atoms with E-state index in [0.29, 0.717) is 11.5 Å². The van der Waals surface area contributed by atoms with Gasteiger partial charge in [0.25, 0.3) is 0 Å². The Morgan fingerprint density at radius 3 is 2.79 bits per heavy atom. The van der Waals surface area contributed by atoms with Crippen LogP contribution in [0.1, 0.15) is 32.5 Å². The van der Waals surface area contributed by atoms with E-state index in [0.717, 1.165) is 12.4 Å². The Hall–Kier alpha value is -0.970. The molecule has 1 fully saturated rings. The number of aromatic nitrogens is 4. The molecular formula is C9H17N5. The fourth-order valence-electron chi connectivity index (χ4n) is 1.86. The van der Waals surface area contributed by atoms with Crippen molar-refractivity contribution in [2.45, 2.75) is 39.3 Å². The lowest BCUT2D eigenvalue weighted by Gasteiger charge is -2.45. The second-order valence-electron chi connectivity index (χ2n) is 4.68. The summed E-state index contributed by atoms with van der Waals surface area (Å²) in [6.45, 7) is 5.35. The normalized spacial score (nSPS) is 24.6. The van der Waals surface area contributed by atoms with Gasteiger partial charge in [0.2, 0.25) is 0 Å². The highest BCUT2D eigenvalue weighted by atomic mass is 15.5. The molecule has 5 nitrogen and oxygen atoms in total. The highest BCUT2D eigenvalue weighted by Crippen LogP contribution is 2.39. The van der Waals surface area contributed by atoms with Crippen molar-refractivity contribution in [2.75, 3.05) is 0 Å². The van der Waals surface area contributed by atoms with Gasteiger partial charge in [-0.1, -0.05) is 13.8 Å². The monoisotopic (exact) mass is 195 g/mol. The second-order valence-corrected chi connectivity index (χ2v) is 4.68. The van der Waals surface area contributed by atoms with Crippen LogP contribution in [0.5, 0.6) is 0 Å². The number of nitrogens with zero attached hydrogens (tertiary/aromatic N) is 4. The molecule has 1 aliphatic rings. The predicted octanol–water partition coefficient (Wildman–Crippen LogP) is 0.488. The van der Waals surface area contributed by atoms with Crippen LogP contribution in [0.25, 0.3) is 0 Å². The van der Waals surface area contributed by atoms with Gasteiger partial charge in [-0.05, 0) is 28.7 Å². The van der Waals surface area contributed by atoms with Gasteiger partial charge in [0.05, 0.1) is 6.54 Å². The lowest BCUT2D eigenvalue weighted by atomic mass is 9.67. The van der Waals surface area contributed by atoms with E-state index < -0.39 is 0 Å². The zero-order chi connectivity index (χ0) is 10.2. The molecule has 1 atom stereocenters.